The summed E-state index contributed by atoms with van der Waals surface area (Å²) in [5.74, 6) is -62.3. The first-order chi connectivity index (χ1) is 15.6. The van der Waals surface area contributed by atoms with Gasteiger partial charge in [-0.3, -0.25) is 0 Å². The van der Waals surface area contributed by atoms with Gasteiger partial charge in [0.15, 0.2) is 0 Å². The highest BCUT2D eigenvalue weighted by Crippen LogP contribution is 2.64. The van der Waals surface area contributed by atoms with E-state index in [2.05, 4.69) is 4.74 Å². The highest BCUT2D eigenvalue weighted by atomic mass is 19.4. The number of halogens is 17. The van der Waals surface area contributed by atoms with Gasteiger partial charge < -0.3 is 4.74 Å². The van der Waals surface area contributed by atoms with Crippen LogP contribution in [0, 0.1) is 11.8 Å². The molecule has 0 amide bonds. The molecule has 0 aliphatic heterocycles. The average Bonchev–Trinajstić information content (AvgIpc) is 2.68. The van der Waals surface area contributed by atoms with E-state index in [0.717, 1.165) is 0 Å². The van der Waals surface area contributed by atoms with Crippen LogP contribution in [0.2, 0.25) is 0 Å². The number of alkyl halides is 17. The van der Waals surface area contributed by atoms with Crippen molar-refractivity contribution in [3.63, 3.8) is 0 Å². The first kappa shape index (κ1) is 32.3. The highest BCUT2D eigenvalue weighted by Gasteiger charge is 2.96. The molecule has 0 aromatic heterocycles. The lowest BCUT2D eigenvalue weighted by Gasteiger charge is -2.42. The third-order valence-corrected chi connectivity index (χ3v) is 5.80. The zero-order chi connectivity index (χ0) is 29.1. The van der Waals surface area contributed by atoms with Crippen molar-refractivity contribution in [3.8, 4) is 0 Å². The molecule has 3 unspecified atom stereocenters. The molecule has 19 heteroatoms. The molecule has 3 atom stereocenters. The first-order valence-electron chi connectivity index (χ1n) is 9.48. The Labute approximate surface area is 190 Å². The minimum absolute atomic E-state index is 0.101. The quantitative estimate of drug-likeness (QED) is 0.224. The zero-order valence-corrected chi connectivity index (χ0v) is 17.6. The van der Waals surface area contributed by atoms with Gasteiger partial charge in [0, 0.05) is 0 Å². The molecule has 0 aromatic carbocycles. The van der Waals surface area contributed by atoms with Gasteiger partial charge in [-0.15, -0.1) is 0 Å². The third kappa shape index (κ3) is 4.45. The van der Waals surface area contributed by atoms with Crippen LogP contribution in [0.1, 0.15) is 33.1 Å². The van der Waals surface area contributed by atoms with Crippen molar-refractivity contribution < 1.29 is 84.2 Å². The average molecular weight is 574 g/mol. The normalized spacial score (nSPS) is 24.0. The number of esters is 1. The van der Waals surface area contributed by atoms with Crippen LogP contribution in [0.5, 0.6) is 0 Å². The van der Waals surface area contributed by atoms with Crippen molar-refractivity contribution in [2.24, 2.45) is 11.8 Å². The van der Waals surface area contributed by atoms with Crippen molar-refractivity contribution in [2.75, 3.05) is 0 Å². The van der Waals surface area contributed by atoms with Crippen LogP contribution in [0.3, 0.4) is 0 Å². The Morgan fingerprint density at radius 1 is 0.556 bits per heavy atom. The van der Waals surface area contributed by atoms with E-state index in [-0.39, 0.29) is 25.2 Å². The summed E-state index contributed by atoms with van der Waals surface area (Å²) < 4.78 is 229. The highest BCUT2D eigenvalue weighted by molar-refractivity contribution is 5.79. The predicted octanol–water partition coefficient (Wildman–Crippen LogP) is 7.36. The number of carbonyl (C=O) groups excluding carboxylic acids is 1. The molecule has 1 saturated carbocycles. The first-order valence-corrected chi connectivity index (χ1v) is 9.48. The van der Waals surface area contributed by atoms with E-state index in [4.69, 9.17) is 0 Å². The van der Waals surface area contributed by atoms with Gasteiger partial charge in [0.1, 0.15) is 6.10 Å². The monoisotopic (exact) mass is 574 g/mol. The van der Waals surface area contributed by atoms with Gasteiger partial charge in [0.05, 0.1) is 0 Å². The molecule has 0 spiro atoms. The van der Waals surface area contributed by atoms with Crippen LogP contribution in [-0.4, -0.2) is 59.7 Å². The maximum Gasteiger partial charge on any atom is 0.460 e. The van der Waals surface area contributed by atoms with Crippen LogP contribution in [0.25, 0.3) is 0 Å². The Bertz CT molecular complexity index is 816. The van der Waals surface area contributed by atoms with Gasteiger partial charge >= 0.3 is 53.6 Å². The Morgan fingerprint density at radius 3 is 1.28 bits per heavy atom. The molecule has 0 heterocycles. The fourth-order valence-electron chi connectivity index (χ4n) is 3.12. The number of hydrogen-bond donors (Lipinski definition) is 0. The van der Waals surface area contributed by atoms with Crippen molar-refractivity contribution in [1.29, 1.82) is 0 Å². The van der Waals surface area contributed by atoms with Crippen molar-refractivity contribution in [2.45, 2.75) is 86.8 Å². The fraction of sp³-hybridized carbons (Fsp3) is 0.941. The summed E-state index contributed by atoms with van der Waals surface area (Å²) in [5.41, 5.74) is 0. The van der Waals surface area contributed by atoms with Crippen LogP contribution in [0.15, 0.2) is 0 Å². The number of hydrogen-bond acceptors (Lipinski definition) is 2. The largest absolute Gasteiger partial charge is 0.460 e. The molecular formula is C17H15F17O2. The van der Waals surface area contributed by atoms with E-state index >= 15 is 0 Å². The van der Waals surface area contributed by atoms with E-state index in [1.54, 1.807) is 6.92 Å². The Morgan fingerprint density at radius 2 is 0.917 bits per heavy atom. The standard InChI is InChI=1S/C17H15F17O2/c1-6-3-4-8(5-7(6)2)36-9(35)10(18,19)11(20,21)12(22,23)13(24,25)14(26,27)15(28,29)16(30,31)17(32,33)34/h6-8H,3-5H2,1-2H3. The summed E-state index contributed by atoms with van der Waals surface area (Å²) in [4.78, 5) is 11.4. The topological polar surface area (TPSA) is 26.3 Å². The lowest BCUT2D eigenvalue weighted by Crippen LogP contribution is -2.75. The molecule has 1 fully saturated rings. The van der Waals surface area contributed by atoms with Gasteiger partial charge in [-0.05, 0) is 31.1 Å². The molecule has 0 saturated heterocycles. The van der Waals surface area contributed by atoms with Crippen LogP contribution in [-0.2, 0) is 9.53 Å². The lowest BCUT2D eigenvalue weighted by molar-refractivity contribution is -0.460. The number of rotatable bonds is 8. The van der Waals surface area contributed by atoms with Crippen molar-refractivity contribution in [1.82, 2.24) is 0 Å². The maximum atomic E-state index is 13.9. The Kier molecular flexibility index (Phi) is 8.02. The minimum Gasteiger partial charge on any atom is -0.458 e. The molecule has 0 radical (unpaired) electrons. The van der Waals surface area contributed by atoms with Gasteiger partial charge in [0.25, 0.3) is 0 Å². The number of carbonyl (C=O) groups is 1. The minimum atomic E-state index is -8.74. The van der Waals surface area contributed by atoms with Gasteiger partial charge in [0.2, 0.25) is 0 Å². The molecule has 36 heavy (non-hydrogen) atoms. The maximum absolute atomic E-state index is 13.9. The summed E-state index contributed by atoms with van der Waals surface area (Å²) >= 11 is 0. The van der Waals surface area contributed by atoms with E-state index < -0.39 is 65.6 Å². The summed E-state index contributed by atoms with van der Waals surface area (Å²) in [5, 5.41) is 0. The third-order valence-electron chi connectivity index (χ3n) is 5.80. The molecular weight excluding hydrogens is 559 g/mol. The summed E-state index contributed by atoms with van der Waals surface area (Å²) in [6.07, 6.45) is -10.1. The van der Waals surface area contributed by atoms with E-state index in [1.165, 1.54) is 6.92 Å². The molecule has 214 valence electrons. The van der Waals surface area contributed by atoms with Crippen molar-refractivity contribution >= 4 is 5.97 Å². The van der Waals surface area contributed by atoms with Gasteiger partial charge in [-0.25, -0.2) is 4.79 Å². The predicted molar refractivity (Wildman–Crippen MR) is 82.7 cm³/mol. The SMILES string of the molecule is CC1CCC(OC(=O)C(F)(F)C(F)(F)C(F)(F)C(F)(F)C(F)(F)C(F)(F)C(F)(F)C(F)(F)F)CC1C. The van der Waals surface area contributed by atoms with Gasteiger partial charge in [-0.1, -0.05) is 13.8 Å². The molecule has 0 aromatic rings. The fourth-order valence-corrected chi connectivity index (χ4v) is 3.12. The summed E-state index contributed by atoms with van der Waals surface area (Å²) in [7, 11) is 0. The second kappa shape index (κ2) is 8.94. The van der Waals surface area contributed by atoms with E-state index in [0.29, 0.717) is 0 Å². The van der Waals surface area contributed by atoms with Crippen molar-refractivity contribution in [3.05, 3.63) is 0 Å². The molecule has 0 bridgehead atoms. The lowest BCUT2D eigenvalue weighted by atomic mass is 9.80. The zero-order valence-electron chi connectivity index (χ0n) is 17.6. The van der Waals surface area contributed by atoms with Crippen LogP contribution < -0.4 is 0 Å². The van der Waals surface area contributed by atoms with E-state index in [9.17, 15) is 79.4 Å². The van der Waals surface area contributed by atoms with Gasteiger partial charge in [-0.2, -0.15) is 74.6 Å². The molecule has 2 nitrogen and oxygen atoms in total. The smallest absolute Gasteiger partial charge is 0.458 e. The molecule has 1 rings (SSSR count). The molecule has 1 aliphatic rings. The molecule has 1 aliphatic carbocycles. The Balaban J connectivity index is 3.45. The molecule has 0 N–H and O–H groups in total. The second-order valence-corrected chi connectivity index (χ2v) is 8.31. The second-order valence-electron chi connectivity index (χ2n) is 8.31. The summed E-state index contributed by atoms with van der Waals surface area (Å²) in [6.45, 7) is 3.07. The van der Waals surface area contributed by atoms with Crippen LogP contribution in [0.4, 0.5) is 74.6 Å². The Hall–Kier alpha value is -1.72. The summed E-state index contributed by atoms with van der Waals surface area (Å²) in [6, 6.07) is 0. The van der Waals surface area contributed by atoms with Crippen LogP contribution >= 0.6 is 0 Å². The number of ether oxygens (including phenoxy) is 1. The van der Waals surface area contributed by atoms with E-state index in [1.807, 2.05) is 0 Å².